The Morgan fingerprint density at radius 2 is 1.96 bits per heavy atom. The lowest BCUT2D eigenvalue weighted by Crippen LogP contribution is -2.16. The number of carbonyl (C=O) groups is 2. The Bertz CT molecular complexity index is 999. The summed E-state index contributed by atoms with van der Waals surface area (Å²) in [6, 6.07) is 4.16. The largest absolute Gasteiger partial charge is 0.454 e. The van der Waals surface area contributed by atoms with E-state index in [1.165, 1.54) is 6.20 Å². The predicted octanol–water partition coefficient (Wildman–Crippen LogP) is 3.33. The van der Waals surface area contributed by atoms with Crippen molar-refractivity contribution in [1.29, 1.82) is 0 Å². The summed E-state index contributed by atoms with van der Waals surface area (Å²) < 4.78 is 33.3. The second kappa shape index (κ2) is 6.99. The Hall–Kier alpha value is -3.16. The van der Waals surface area contributed by atoms with Crippen LogP contribution in [0.4, 0.5) is 8.78 Å². The number of carbonyl (C=O) groups excluding carboxylic acids is 2. The molecule has 0 N–H and O–H groups in total. The predicted molar refractivity (Wildman–Crippen MR) is 88.9 cm³/mol. The van der Waals surface area contributed by atoms with Gasteiger partial charge in [-0.05, 0) is 38.1 Å². The van der Waals surface area contributed by atoms with Gasteiger partial charge in [-0.15, -0.1) is 0 Å². The van der Waals surface area contributed by atoms with Gasteiger partial charge < -0.3 is 4.74 Å². The van der Waals surface area contributed by atoms with Crippen molar-refractivity contribution in [3.05, 3.63) is 59.4 Å². The van der Waals surface area contributed by atoms with Crippen LogP contribution in [-0.4, -0.2) is 33.1 Å². The standard InChI is InChI=1S/C18H15F2N3O3/c1-10(2)23-17-11(8-22-23)5-12(7-21-17)18(25)26-9-16(24)14-6-13(19)3-4-15(14)20/h3-8,10H,9H2,1-2H3. The molecule has 6 nitrogen and oxygen atoms in total. The zero-order valence-corrected chi connectivity index (χ0v) is 14.1. The van der Waals surface area contributed by atoms with E-state index in [4.69, 9.17) is 4.74 Å². The van der Waals surface area contributed by atoms with Gasteiger partial charge in [0, 0.05) is 17.6 Å². The van der Waals surface area contributed by atoms with Crippen LogP contribution in [0.1, 0.15) is 40.6 Å². The second-order valence-electron chi connectivity index (χ2n) is 5.94. The van der Waals surface area contributed by atoms with Crippen LogP contribution < -0.4 is 0 Å². The minimum atomic E-state index is -0.878. The highest BCUT2D eigenvalue weighted by molar-refractivity contribution is 6.00. The highest BCUT2D eigenvalue weighted by Crippen LogP contribution is 2.17. The van der Waals surface area contributed by atoms with Gasteiger partial charge in [-0.2, -0.15) is 5.10 Å². The van der Waals surface area contributed by atoms with Gasteiger partial charge in [-0.3, -0.25) is 4.79 Å². The Kier molecular flexibility index (Phi) is 4.75. The molecular weight excluding hydrogens is 344 g/mol. The molecule has 0 radical (unpaired) electrons. The molecule has 1 aromatic carbocycles. The summed E-state index contributed by atoms with van der Waals surface area (Å²) in [5.41, 5.74) is 0.285. The second-order valence-corrected chi connectivity index (χ2v) is 5.94. The summed E-state index contributed by atoms with van der Waals surface area (Å²) in [6.07, 6.45) is 2.89. The zero-order chi connectivity index (χ0) is 18.8. The van der Waals surface area contributed by atoms with E-state index < -0.39 is 35.6 Å². The number of esters is 1. The molecule has 0 aliphatic carbocycles. The number of halogens is 2. The van der Waals surface area contributed by atoms with Crippen molar-refractivity contribution in [1.82, 2.24) is 14.8 Å². The quantitative estimate of drug-likeness (QED) is 0.516. The van der Waals surface area contributed by atoms with Crippen molar-refractivity contribution < 1.29 is 23.1 Å². The van der Waals surface area contributed by atoms with Crippen LogP contribution in [0.3, 0.4) is 0 Å². The van der Waals surface area contributed by atoms with Crippen LogP contribution in [0.25, 0.3) is 11.0 Å². The number of Topliss-reactive ketones (excluding diaryl/α,β-unsaturated/α-hetero) is 1. The maximum absolute atomic E-state index is 13.6. The monoisotopic (exact) mass is 359 g/mol. The highest BCUT2D eigenvalue weighted by atomic mass is 19.1. The topological polar surface area (TPSA) is 74.1 Å². The van der Waals surface area contributed by atoms with Crippen LogP contribution in [0.5, 0.6) is 0 Å². The molecule has 0 aliphatic heterocycles. The summed E-state index contributed by atoms with van der Waals surface area (Å²) in [4.78, 5) is 28.2. The van der Waals surface area contributed by atoms with Crippen molar-refractivity contribution in [2.75, 3.05) is 6.61 Å². The van der Waals surface area contributed by atoms with Crippen molar-refractivity contribution in [2.24, 2.45) is 0 Å². The zero-order valence-electron chi connectivity index (χ0n) is 14.1. The lowest BCUT2D eigenvalue weighted by Gasteiger charge is -2.07. The molecule has 26 heavy (non-hydrogen) atoms. The van der Waals surface area contributed by atoms with Crippen molar-refractivity contribution >= 4 is 22.8 Å². The van der Waals surface area contributed by atoms with E-state index in [-0.39, 0.29) is 11.6 Å². The average Bonchev–Trinajstić information content (AvgIpc) is 3.04. The van der Waals surface area contributed by atoms with Crippen LogP contribution in [-0.2, 0) is 4.74 Å². The smallest absolute Gasteiger partial charge is 0.340 e. The first-order valence-corrected chi connectivity index (χ1v) is 7.85. The summed E-state index contributed by atoms with van der Waals surface area (Å²) in [5.74, 6) is -3.26. The number of nitrogens with zero attached hydrogens (tertiary/aromatic N) is 3. The molecule has 134 valence electrons. The number of hydrogen-bond acceptors (Lipinski definition) is 5. The maximum atomic E-state index is 13.6. The molecule has 0 unspecified atom stereocenters. The van der Waals surface area contributed by atoms with Gasteiger partial charge in [0.25, 0.3) is 0 Å². The number of ether oxygens (including phenoxy) is 1. The lowest BCUT2D eigenvalue weighted by molar-refractivity contribution is 0.0473. The van der Waals surface area contributed by atoms with E-state index in [2.05, 4.69) is 10.1 Å². The molecule has 0 saturated heterocycles. The molecule has 8 heteroatoms. The van der Waals surface area contributed by atoms with Crippen LogP contribution in [0, 0.1) is 11.6 Å². The van der Waals surface area contributed by atoms with Gasteiger partial charge in [-0.1, -0.05) is 0 Å². The van der Waals surface area contributed by atoms with E-state index in [1.807, 2.05) is 13.8 Å². The first kappa shape index (κ1) is 17.7. The van der Waals surface area contributed by atoms with Gasteiger partial charge in [0.1, 0.15) is 11.6 Å². The molecule has 0 bridgehead atoms. The third-order valence-corrected chi connectivity index (χ3v) is 3.72. The average molecular weight is 359 g/mol. The number of rotatable bonds is 5. The first-order chi connectivity index (χ1) is 12.4. The summed E-state index contributed by atoms with van der Waals surface area (Å²) in [5, 5.41) is 4.85. The highest BCUT2D eigenvalue weighted by Gasteiger charge is 2.17. The molecule has 0 aliphatic rings. The molecule has 3 rings (SSSR count). The fourth-order valence-electron chi connectivity index (χ4n) is 2.43. The third-order valence-electron chi connectivity index (χ3n) is 3.72. The fourth-order valence-corrected chi connectivity index (χ4v) is 2.43. The number of hydrogen-bond donors (Lipinski definition) is 0. The van der Waals surface area contributed by atoms with E-state index in [0.29, 0.717) is 11.0 Å². The third kappa shape index (κ3) is 3.44. The lowest BCUT2D eigenvalue weighted by atomic mass is 10.1. The molecule has 2 heterocycles. The maximum Gasteiger partial charge on any atom is 0.340 e. The van der Waals surface area contributed by atoms with E-state index in [1.54, 1.807) is 16.9 Å². The van der Waals surface area contributed by atoms with Gasteiger partial charge in [0.15, 0.2) is 12.3 Å². The first-order valence-electron chi connectivity index (χ1n) is 7.85. The summed E-state index contributed by atoms with van der Waals surface area (Å²) >= 11 is 0. The number of aromatic nitrogens is 3. The molecule has 0 spiro atoms. The fraction of sp³-hybridized carbons (Fsp3) is 0.222. The molecule has 0 amide bonds. The number of pyridine rings is 1. The summed E-state index contributed by atoms with van der Waals surface area (Å²) in [6.45, 7) is 3.20. The Balaban J connectivity index is 1.73. The molecule has 0 atom stereocenters. The van der Waals surface area contributed by atoms with Crippen molar-refractivity contribution in [3.8, 4) is 0 Å². The van der Waals surface area contributed by atoms with Gasteiger partial charge in [-0.25, -0.2) is 23.2 Å². The molecule has 0 fully saturated rings. The van der Waals surface area contributed by atoms with Gasteiger partial charge in [0.05, 0.1) is 17.3 Å². The normalized spacial score (nSPS) is 11.1. The van der Waals surface area contributed by atoms with Gasteiger partial charge in [0.2, 0.25) is 5.78 Å². The molecule has 2 aromatic heterocycles. The molecular formula is C18H15F2N3O3. The Labute approximate surface area is 147 Å². The van der Waals surface area contributed by atoms with E-state index >= 15 is 0 Å². The minimum Gasteiger partial charge on any atom is -0.454 e. The Morgan fingerprint density at radius 1 is 1.19 bits per heavy atom. The number of fused-ring (bicyclic) bond motifs is 1. The molecule has 3 aromatic rings. The van der Waals surface area contributed by atoms with Crippen LogP contribution >= 0.6 is 0 Å². The van der Waals surface area contributed by atoms with Crippen molar-refractivity contribution in [2.45, 2.75) is 19.9 Å². The van der Waals surface area contributed by atoms with E-state index in [0.717, 1.165) is 18.2 Å². The van der Waals surface area contributed by atoms with Crippen LogP contribution in [0.15, 0.2) is 36.7 Å². The summed E-state index contributed by atoms with van der Waals surface area (Å²) in [7, 11) is 0. The molecule has 0 saturated carbocycles. The minimum absolute atomic E-state index is 0.108. The van der Waals surface area contributed by atoms with E-state index in [9.17, 15) is 18.4 Å². The Morgan fingerprint density at radius 3 is 2.69 bits per heavy atom. The van der Waals surface area contributed by atoms with Crippen molar-refractivity contribution in [3.63, 3.8) is 0 Å². The SMILES string of the molecule is CC(C)n1ncc2cc(C(=O)OCC(=O)c3cc(F)ccc3F)cnc21. The number of benzene rings is 1. The number of ketones is 1. The van der Waals surface area contributed by atoms with Gasteiger partial charge >= 0.3 is 5.97 Å². The van der Waals surface area contributed by atoms with Crippen LogP contribution in [0.2, 0.25) is 0 Å².